The van der Waals surface area contributed by atoms with Gasteiger partial charge in [0.15, 0.2) is 11.5 Å². The maximum Gasteiger partial charge on any atom is 0.254 e. The first kappa shape index (κ1) is 21.2. The van der Waals surface area contributed by atoms with Gasteiger partial charge in [-0.1, -0.05) is 36.4 Å². The van der Waals surface area contributed by atoms with Gasteiger partial charge in [0.25, 0.3) is 5.91 Å². The monoisotopic (exact) mass is 406 g/mol. The lowest BCUT2D eigenvalue weighted by atomic mass is 10.1. The Morgan fingerprint density at radius 3 is 2.13 bits per heavy atom. The van der Waals surface area contributed by atoms with Crippen LogP contribution < -0.4 is 14.2 Å². The summed E-state index contributed by atoms with van der Waals surface area (Å²) in [5.41, 5.74) is 2.46. The topological polar surface area (TPSA) is 60.9 Å². The molecule has 0 atom stereocenters. The molecule has 0 aliphatic carbocycles. The third-order valence-electron chi connectivity index (χ3n) is 4.79. The standard InChI is InChI=1S/C24H26N2O4/c1-28-21-15-19(16-22(29-2)23(21)30-3)24(27)26(17-20-11-7-8-13-25-20)14-12-18-9-5-4-6-10-18/h4-11,13,15-16H,12,14,17H2,1-3H3. The number of pyridine rings is 1. The minimum Gasteiger partial charge on any atom is -0.493 e. The molecule has 0 radical (unpaired) electrons. The van der Waals surface area contributed by atoms with Crippen LogP contribution in [0.2, 0.25) is 0 Å². The van der Waals surface area contributed by atoms with Crippen molar-refractivity contribution in [3.63, 3.8) is 0 Å². The summed E-state index contributed by atoms with van der Waals surface area (Å²) in [7, 11) is 4.61. The van der Waals surface area contributed by atoms with Crippen molar-refractivity contribution in [2.24, 2.45) is 0 Å². The van der Waals surface area contributed by atoms with Crippen molar-refractivity contribution < 1.29 is 19.0 Å². The SMILES string of the molecule is COc1cc(C(=O)N(CCc2ccccc2)Cc2ccccn2)cc(OC)c1OC. The van der Waals surface area contributed by atoms with E-state index in [0.717, 1.165) is 12.1 Å². The van der Waals surface area contributed by atoms with Crippen molar-refractivity contribution >= 4 is 5.91 Å². The van der Waals surface area contributed by atoms with Crippen LogP contribution in [0.15, 0.2) is 66.9 Å². The summed E-state index contributed by atoms with van der Waals surface area (Å²) < 4.78 is 16.2. The minimum absolute atomic E-state index is 0.129. The Morgan fingerprint density at radius 2 is 1.57 bits per heavy atom. The molecule has 0 saturated carbocycles. The lowest BCUT2D eigenvalue weighted by molar-refractivity contribution is 0.0742. The highest BCUT2D eigenvalue weighted by atomic mass is 16.5. The van der Waals surface area contributed by atoms with Gasteiger partial charge in [0, 0.05) is 18.3 Å². The zero-order valence-corrected chi connectivity index (χ0v) is 17.5. The molecule has 2 aromatic carbocycles. The average molecular weight is 406 g/mol. The predicted octanol–water partition coefficient (Wildman–Crippen LogP) is 3.99. The van der Waals surface area contributed by atoms with Crippen LogP contribution in [-0.4, -0.2) is 43.7 Å². The molecule has 6 nitrogen and oxygen atoms in total. The largest absolute Gasteiger partial charge is 0.493 e. The Balaban J connectivity index is 1.90. The van der Waals surface area contributed by atoms with Crippen LogP contribution in [0.25, 0.3) is 0 Å². The first-order chi connectivity index (χ1) is 14.7. The summed E-state index contributed by atoms with van der Waals surface area (Å²) in [5, 5.41) is 0. The van der Waals surface area contributed by atoms with Gasteiger partial charge < -0.3 is 19.1 Å². The van der Waals surface area contributed by atoms with Gasteiger partial charge in [0.05, 0.1) is 33.6 Å². The Kier molecular flexibility index (Phi) is 7.27. The Labute approximate surface area is 177 Å². The van der Waals surface area contributed by atoms with Gasteiger partial charge in [-0.25, -0.2) is 0 Å². The summed E-state index contributed by atoms with van der Waals surface area (Å²) in [6.45, 7) is 0.958. The molecule has 156 valence electrons. The van der Waals surface area contributed by atoms with E-state index in [0.29, 0.717) is 35.9 Å². The Bertz CT molecular complexity index is 936. The lowest BCUT2D eigenvalue weighted by Gasteiger charge is -2.23. The van der Waals surface area contributed by atoms with Crippen molar-refractivity contribution in [3.05, 3.63) is 83.7 Å². The van der Waals surface area contributed by atoms with E-state index in [4.69, 9.17) is 14.2 Å². The third-order valence-corrected chi connectivity index (χ3v) is 4.79. The molecule has 3 rings (SSSR count). The van der Waals surface area contributed by atoms with Gasteiger partial charge in [-0.3, -0.25) is 9.78 Å². The van der Waals surface area contributed by atoms with Gasteiger partial charge in [-0.05, 0) is 36.2 Å². The first-order valence-electron chi connectivity index (χ1n) is 9.69. The van der Waals surface area contributed by atoms with Crippen molar-refractivity contribution in [1.29, 1.82) is 0 Å². The van der Waals surface area contributed by atoms with Gasteiger partial charge in [0.2, 0.25) is 5.75 Å². The number of carbonyl (C=O) groups excluding carboxylic acids is 1. The number of methoxy groups -OCH3 is 3. The van der Waals surface area contributed by atoms with Crippen LogP contribution >= 0.6 is 0 Å². The number of amides is 1. The number of aromatic nitrogens is 1. The molecular formula is C24H26N2O4. The van der Waals surface area contributed by atoms with E-state index in [1.165, 1.54) is 26.9 Å². The highest BCUT2D eigenvalue weighted by Gasteiger charge is 2.21. The third kappa shape index (κ3) is 5.08. The maximum absolute atomic E-state index is 13.5. The van der Waals surface area contributed by atoms with Crippen LogP contribution in [0.3, 0.4) is 0 Å². The molecule has 1 heterocycles. The Hall–Kier alpha value is -3.54. The second-order valence-electron chi connectivity index (χ2n) is 6.70. The zero-order valence-electron chi connectivity index (χ0n) is 17.5. The van der Waals surface area contributed by atoms with Crippen LogP contribution in [0.5, 0.6) is 17.2 Å². The van der Waals surface area contributed by atoms with Gasteiger partial charge >= 0.3 is 0 Å². The molecule has 6 heteroatoms. The summed E-state index contributed by atoms with van der Waals surface area (Å²) in [4.78, 5) is 19.6. The van der Waals surface area contributed by atoms with Gasteiger partial charge in [-0.15, -0.1) is 0 Å². The molecule has 0 fully saturated rings. The molecule has 0 N–H and O–H groups in total. The van der Waals surface area contributed by atoms with Crippen LogP contribution in [-0.2, 0) is 13.0 Å². The molecule has 0 aliphatic heterocycles. The van der Waals surface area contributed by atoms with Crippen LogP contribution in [0.1, 0.15) is 21.6 Å². The van der Waals surface area contributed by atoms with Crippen molar-refractivity contribution in [1.82, 2.24) is 9.88 Å². The molecule has 1 amide bonds. The fraction of sp³-hybridized carbons (Fsp3) is 0.250. The van der Waals surface area contributed by atoms with Crippen molar-refractivity contribution in [3.8, 4) is 17.2 Å². The molecule has 0 aliphatic rings. The number of nitrogens with zero attached hydrogens (tertiary/aromatic N) is 2. The number of hydrogen-bond acceptors (Lipinski definition) is 5. The molecule has 0 saturated heterocycles. The molecule has 0 spiro atoms. The molecule has 0 bridgehead atoms. The predicted molar refractivity (Wildman–Crippen MR) is 115 cm³/mol. The number of benzene rings is 2. The Morgan fingerprint density at radius 1 is 0.900 bits per heavy atom. The molecular weight excluding hydrogens is 380 g/mol. The molecule has 3 aromatic rings. The van der Waals surface area contributed by atoms with Gasteiger partial charge in [-0.2, -0.15) is 0 Å². The number of hydrogen-bond donors (Lipinski definition) is 0. The van der Waals surface area contributed by atoms with E-state index in [1.807, 2.05) is 36.4 Å². The van der Waals surface area contributed by atoms with E-state index in [1.54, 1.807) is 23.2 Å². The highest BCUT2D eigenvalue weighted by Crippen LogP contribution is 2.38. The van der Waals surface area contributed by atoms with Crippen molar-refractivity contribution in [2.75, 3.05) is 27.9 Å². The first-order valence-corrected chi connectivity index (χ1v) is 9.69. The van der Waals surface area contributed by atoms with E-state index in [-0.39, 0.29) is 5.91 Å². The second-order valence-corrected chi connectivity index (χ2v) is 6.70. The number of carbonyl (C=O) groups is 1. The van der Waals surface area contributed by atoms with E-state index in [2.05, 4.69) is 17.1 Å². The maximum atomic E-state index is 13.5. The molecule has 30 heavy (non-hydrogen) atoms. The van der Waals surface area contributed by atoms with E-state index in [9.17, 15) is 4.79 Å². The average Bonchev–Trinajstić information content (AvgIpc) is 2.81. The minimum atomic E-state index is -0.129. The molecule has 0 unspecified atom stereocenters. The smallest absolute Gasteiger partial charge is 0.254 e. The van der Waals surface area contributed by atoms with Crippen LogP contribution in [0, 0.1) is 0 Å². The van der Waals surface area contributed by atoms with Crippen LogP contribution in [0.4, 0.5) is 0 Å². The second kappa shape index (κ2) is 10.3. The summed E-state index contributed by atoms with van der Waals surface area (Å²) in [5.74, 6) is 1.22. The number of ether oxygens (including phenoxy) is 3. The summed E-state index contributed by atoms with van der Waals surface area (Å²) in [6.07, 6.45) is 2.47. The highest BCUT2D eigenvalue weighted by molar-refractivity contribution is 5.95. The van der Waals surface area contributed by atoms with E-state index >= 15 is 0 Å². The lowest BCUT2D eigenvalue weighted by Crippen LogP contribution is -2.33. The van der Waals surface area contributed by atoms with E-state index < -0.39 is 0 Å². The van der Waals surface area contributed by atoms with Gasteiger partial charge in [0.1, 0.15) is 0 Å². The summed E-state index contributed by atoms with van der Waals surface area (Å²) in [6, 6.07) is 19.1. The zero-order chi connectivity index (χ0) is 21.3. The number of rotatable bonds is 9. The summed E-state index contributed by atoms with van der Waals surface area (Å²) >= 11 is 0. The fourth-order valence-corrected chi connectivity index (χ4v) is 3.24. The fourth-order valence-electron chi connectivity index (χ4n) is 3.24. The molecule has 1 aromatic heterocycles. The van der Waals surface area contributed by atoms with Crippen molar-refractivity contribution in [2.45, 2.75) is 13.0 Å². The normalized spacial score (nSPS) is 10.4. The quantitative estimate of drug-likeness (QED) is 0.538.